The van der Waals surface area contributed by atoms with E-state index in [2.05, 4.69) is 20.5 Å². The van der Waals surface area contributed by atoms with E-state index in [0.717, 1.165) is 4.88 Å². The number of methoxy groups -OCH3 is 1. The summed E-state index contributed by atoms with van der Waals surface area (Å²) in [7, 11) is 1.53. The molecule has 0 aliphatic rings. The summed E-state index contributed by atoms with van der Waals surface area (Å²) in [6.45, 7) is 0. The quantitative estimate of drug-likeness (QED) is 0.776. The van der Waals surface area contributed by atoms with Gasteiger partial charge in [-0.3, -0.25) is 15.2 Å². The van der Waals surface area contributed by atoms with Gasteiger partial charge in [-0.05, 0) is 22.9 Å². The van der Waals surface area contributed by atoms with E-state index in [1.54, 1.807) is 22.8 Å². The second-order valence-corrected chi connectivity index (χ2v) is 5.62. The van der Waals surface area contributed by atoms with Gasteiger partial charge in [0.1, 0.15) is 10.6 Å². The summed E-state index contributed by atoms with van der Waals surface area (Å²) in [4.78, 5) is 17.8. The lowest BCUT2D eigenvalue weighted by molar-refractivity contribution is 0.102. The predicted octanol–water partition coefficient (Wildman–Crippen LogP) is 2.86. The maximum Gasteiger partial charge on any atom is 0.271 e. The third kappa shape index (κ3) is 2.43. The number of hydrogen-bond donors (Lipinski definition) is 2. The lowest BCUT2D eigenvalue weighted by Crippen LogP contribution is -2.12. The molecule has 1 amide bonds. The van der Waals surface area contributed by atoms with Gasteiger partial charge in [-0.15, -0.1) is 27.8 Å². The number of aromatic nitrogens is 3. The van der Waals surface area contributed by atoms with Gasteiger partial charge in [0, 0.05) is 0 Å². The summed E-state index contributed by atoms with van der Waals surface area (Å²) < 4.78 is 5.11. The first-order chi connectivity index (χ1) is 9.78. The zero-order valence-corrected chi connectivity index (χ0v) is 12.0. The van der Waals surface area contributed by atoms with Crippen molar-refractivity contribution in [2.75, 3.05) is 12.4 Å². The average Bonchev–Trinajstić information content (AvgIpc) is 3.19. The molecule has 0 atom stereocenters. The molecular formula is C12H10N4O2S2. The third-order valence-corrected chi connectivity index (χ3v) is 4.29. The second kappa shape index (κ2) is 5.43. The van der Waals surface area contributed by atoms with E-state index in [9.17, 15) is 4.79 Å². The minimum absolute atomic E-state index is 0.244. The summed E-state index contributed by atoms with van der Waals surface area (Å²) in [6.07, 6.45) is 0. The van der Waals surface area contributed by atoms with Crippen LogP contribution < -0.4 is 10.1 Å². The van der Waals surface area contributed by atoms with Gasteiger partial charge >= 0.3 is 0 Å². The first-order valence-electron chi connectivity index (χ1n) is 5.67. The lowest BCUT2D eigenvalue weighted by atomic mass is 10.4. The number of carbonyl (C=O) groups excluding carboxylic acids is 1. The highest BCUT2D eigenvalue weighted by atomic mass is 32.1. The summed E-state index contributed by atoms with van der Waals surface area (Å²) in [5, 5.41) is 13.2. The van der Waals surface area contributed by atoms with Crippen LogP contribution in [0.4, 0.5) is 5.95 Å². The van der Waals surface area contributed by atoms with E-state index in [1.807, 2.05) is 17.5 Å². The molecule has 3 rings (SSSR count). The maximum absolute atomic E-state index is 12.1. The Balaban J connectivity index is 1.77. The van der Waals surface area contributed by atoms with Crippen molar-refractivity contribution in [2.45, 2.75) is 0 Å². The average molecular weight is 306 g/mol. The number of aromatic amines is 1. The van der Waals surface area contributed by atoms with Crippen LogP contribution in [0.5, 0.6) is 5.75 Å². The fraction of sp³-hybridized carbons (Fsp3) is 0.0833. The molecule has 0 aliphatic heterocycles. The Morgan fingerprint density at radius 3 is 3.00 bits per heavy atom. The third-order valence-electron chi connectivity index (χ3n) is 2.52. The molecule has 0 spiro atoms. The molecule has 0 saturated heterocycles. The molecule has 3 aromatic heterocycles. The van der Waals surface area contributed by atoms with E-state index >= 15 is 0 Å². The molecule has 3 aromatic rings. The topological polar surface area (TPSA) is 79.9 Å². The Hall–Kier alpha value is -2.19. The number of ether oxygens (including phenoxy) is 1. The lowest BCUT2D eigenvalue weighted by Gasteiger charge is -2.01. The number of rotatable bonds is 4. The number of anilines is 1. The van der Waals surface area contributed by atoms with E-state index in [0.29, 0.717) is 16.5 Å². The van der Waals surface area contributed by atoms with Gasteiger partial charge in [0.15, 0.2) is 5.82 Å². The van der Waals surface area contributed by atoms with Crippen molar-refractivity contribution in [3.8, 4) is 16.5 Å². The number of amides is 1. The van der Waals surface area contributed by atoms with Crippen LogP contribution in [-0.4, -0.2) is 28.2 Å². The van der Waals surface area contributed by atoms with Gasteiger partial charge in [0.05, 0.1) is 12.0 Å². The van der Waals surface area contributed by atoms with Gasteiger partial charge in [-0.25, -0.2) is 0 Å². The first-order valence-corrected chi connectivity index (χ1v) is 7.43. The highest BCUT2D eigenvalue weighted by Gasteiger charge is 2.16. The summed E-state index contributed by atoms with van der Waals surface area (Å²) >= 11 is 2.85. The van der Waals surface area contributed by atoms with Crippen molar-refractivity contribution in [3.63, 3.8) is 0 Å². The second-order valence-electron chi connectivity index (χ2n) is 3.76. The number of nitrogens with zero attached hydrogens (tertiary/aromatic N) is 2. The molecule has 0 bridgehead atoms. The number of hydrogen-bond acceptors (Lipinski definition) is 6. The monoisotopic (exact) mass is 306 g/mol. The number of carbonyl (C=O) groups is 1. The Kier molecular flexibility index (Phi) is 3.48. The van der Waals surface area contributed by atoms with Crippen molar-refractivity contribution >= 4 is 34.5 Å². The molecule has 0 fully saturated rings. The van der Waals surface area contributed by atoms with Gasteiger partial charge in [-0.1, -0.05) is 6.07 Å². The van der Waals surface area contributed by atoms with E-state index in [1.165, 1.54) is 18.4 Å². The first kappa shape index (κ1) is 12.8. The molecule has 6 nitrogen and oxygen atoms in total. The molecule has 0 unspecified atom stereocenters. The zero-order valence-electron chi connectivity index (χ0n) is 10.4. The Labute approximate surface area is 122 Å². The smallest absolute Gasteiger partial charge is 0.271 e. The zero-order chi connectivity index (χ0) is 13.9. The molecule has 0 aromatic carbocycles. The molecule has 3 heterocycles. The van der Waals surface area contributed by atoms with Gasteiger partial charge in [0.2, 0.25) is 5.95 Å². The normalized spacial score (nSPS) is 10.4. The van der Waals surface area contributed by atoms with Crippen LogP contribution in [0, 0.1) is 0 Å². The Bertz CT molecular complexity index is 717. The fourth-order valence-corrected chi connectivity index (χ4v) is 3.04. The van der Waals surface area contributed by atoms with Crippen LogP contribution >= 0.6 is 22.7 Å². The van der Waals surface area contributed by atoms with Crippen molar-refractivity contribution in [1.82, 2.24) is 15.2 Å². The molecule has 2 N–H and O–H groups in total. The van der Waals surface area contributed by atoms with Crippen LogP contribution in [0.25, 0.3) is 10.7 Å². The maximum atomic E-state index is 12.1. The molecular weight excluding hydrogens is 296 g/mol. The Morgan fingerprint density at radius 1 is 1.35 bits per heavy atom. The molecule has 8 heteroatoms. The molecule has 20 heavy (non-hydrogen) atoms. The van der Waals surface area contributed by atoms with Gasteiger partial charge < -0.3 is 4.74 Å². The van der Waals surface area contributed by atoms with Crippen molar-refractivity contribution in [3.05, 3.63) is 33.8 Å². The van der Waals surface area contributed by atoms with Crippen LogP contribution in [0.15, 0.2) is 29.0 Å². The van der Waals surface area contributed by atoms with E-state index in [-0.39, 0.29) is 11.9 Å². The highest BCUT2D eigenvalue weighted by Crippen LogP contribution is 2.25. The molecule has 0 radical (unpaired) electrons. The highest BCUT2D eigenvalue weighted by molar-refractivity contribution is 7.13. The minimum atomic E-state index is -0.284. The predicted molar refractivity (Wildman–Crippen MR) is 78.5 cm³/mol. The van der Waals surface area contributed by atoms with Crippen LogP contribution in [0.2, 0.25) is 0 Å². The van der Waals surface area contributed by atoms with Crippen molar-refractivity contribution in [2.24, 2.45) is 0 Å². The van der Waals surface area contributed by atoms with Crippen LogP contribution in [0.3, 0.4) is 0 Å². The Morgan fingerprint density at radius 2 is 2.25 bits per heavy atom. The number of thiophene rings is 2. The standard InChI is InChI=1S/C12H10N4O2S2/c1-18-7-4-6-20-9(7)11(17)14-12-13-10(15-16-12)8-3-2-5-19-8/h2-6H,1H3,(H2,13,14,15,16,17). The summed E-state index contributed by atoms with van der Waals surface area (Å²) in [5.74, 6) is 1.14. The van der Waals surface area contributed by atoms with Gasteiger partial charge in [-0.2, -0.15) is 4.98 Å². The molecule has 0 saturated carbocycles. The number of nitrogens with one attached hydrogen (secondary N) is 2. The van der Waals surface area contributed by atoms with E-state index in [4.69, 9.17) is 4.74 Å². The fourth-order valence-electron chi connectivity index (χ4n) is 1.62. The van der Waals surface area contributed by atoms with Crippen molar-refractivity contribution < 1.29 is 9.53 Å². The molecule has 102 valence electrons. The number of H-pyrrole nitrogens is 1. The summed E-state index contributed by atoms with van der Waals surface area (Å²) in [6, 6.07) is 5.60. The summed E-state index contributed by atoms with van der Waals surface area (Å²) in [5.41, 5.74) is 0. The van der Waals surface area contributed by atoms with Crippen molar-refractivity contribution in [1.29, 1.82) is 0 Å². The van der Waals surface area contributed by atoms with E-state index < -0.39 is 0 Å². The minimum Gasteiger partial charge on any atom is -0.495 e. The van der Waals surface area contributed by atoms with Gasteiger partial charge in [0.25, 0.3) is 5.91 Å². The van der Waals surface area contributed by atoms with Crippen LogP contribution in [0.1, 0.15) is 9.67 Å². The molecule has 0 aliphatic carbocycles. The van der Waals surface area contributed by atoms with Crippen LogP contribution in [-0.2, 0) is 0 Å². The SMILES string of the molecule is COc1ccsc1C(=O)Nc1n[nH]c(-c2cccs2)n1. The largest absolute Gasteiger partial charge is 0.495 e.